The molecule has 1 aliphatic rings. The molecule has 1 N–H and O–H groups in total. The summed E-state index contributed by atoms with van der Waals surface area (Å²) in [6.07, 6.45) is 0.520. The molecule has 1 aromatic carbocycles. The minimum absolute atomic E-state index is 0.106. The third-order valence-electron chi connectivity index (χ3n) is 3.44. The fourth-order valence-corrected chi connectivity index (χ4v) is 2.30. The van der Waals surface area contributed by atoms with Gasteiger partial charge in [0.05, 0.1) is 20.3 Å². The Bertz CT molecular complexity index is 469. The molecule has 0 saturated carbocycles. The predicted octanol–water partition coefficient (Wildman–Crippen LogP) is 1.09. The molecule has 5 heteroatoms. The maximum atomic E-state index is 14.2. The van der Waals surface area contributed by atoms with Gasteiger partial charge < -0.3 is 14.6 Å². The molecule has 1 aromatic rings. The lowest BCUT2D eigenvalue weighted by molar-refractivity contribution is -0.183. The van der Waals surface area contributed by atoms with Gasteiger partial charge in [0.2, 0.25) is 0 Å². The van der Waals surface area contributed by atoms with E-state index in [0.29, 0.717) is 11.1 Å². The van der Waals surface area contributed by atoms with E-state index in [1.807, 2.05) is 0 Å². The van der Waals surface area contributed by atoms with Crippen LogP contribution in [-0.2, 0) is 27.1 Å². The molecule has 0 aliphatic carbocycles. The summed E-state index contributed by atoms with van der Waals surface area (Å²) in [5.41, 5.74) is 0.146. The van der Waals surface area contributed by atoms with Crippen molar-refractivity contribution in [2.75, 3.05) is 26.9 Å². The molecule has 2 rings (SSSR count). The van der Waals surface area contributed by atoms with Crippen molar-refractivity contribution in [3.63, 3.8) is 0 Å². The van der Waals surface area contributed by atoms with Crippen molar-refractivity contribution in [2.45, 2.75) is 12.8 Å². The third kappa shape index (κ3) is 2.62. The number of benzene rings is 1. The Morgan fingerprint density at radius 2 is 2.16 bits per heavy atom. The van der Waals surface area contributed by atoms with Gasteiger partial charge in [0.15, 0.2) is 0 Å². The van der Waals surface area contributed by atoms with Crippen LogP contribution < -0.4 is 0 Å². The van der Waals surface area contributed by atoms with Crippen LogP contribution in [0, 0.1) is 11.2 Å². The largest absolute Gasteiger partial charge is 0.468 e. The highest BCUT2D eigenvalue weighted by Crippen LogP contribution is 2.34. The predicted molar refractivity (Wildman–Crippen MR) is 66.2 cm³/mol. The normalized spacial score (nSPS) is 16.8. The van der Waals surface area contributed by atoms with Gasteiger partial charge in [-0.25, -0.2) is 4.39 Å². The van der Waals surface area contributed by atoms with Gasteiger partial charge in [-0.05, 0) is 24.0 Å². The van der Waals surface area contributed by atoms with Crippen molar-refractivity contribution >= 4 is 5.97 Å². The minimum atomic E-state index is -0.770. The number of rotatable bonds is 5. The first-order valence-corrected chi connectivity index (χ1v) is 6.16. The van der Waals surface area contributed by atoms with Crippen molar-refractivity contribution in [3.8, 4) is 0 Å². The lowest BCUT2D eigenvalue weighted by atomic mass is 9.79. The van der Waals surface area contributed by atoms with Crippen LogP contribution in [0.1, 0.15) is 11.1 Å². The summed E-state index contributed by atoms with van der Waals surface area (Å²) in [4.78, 5) is 11.8. The molecule has 1 fully saturated rings. The highest BCUT2D eigenvalue weighted by molar-refractivity contribution is 5.78. The fourth-order valence-electron chi connectivity index (χ4n) is 2.30. The van der Waals surface area contributed by atoms with Gasteiger partial charge in [-0.1, -0.05) is 18.2 Å². The first-order chi connectivity index (χ1) is 9.13. The van der Waals surface area contributed by atoms with Crippen LogP contribution in [0.25, 0.3) is 0 Å². The molecule has 1 heterocycles. The maximum absolute atomic E-state index is 14.2. The smallest absolute Gasteiger partial charge is 0.316 e. The quantitative estimate of drug-likeness (QED) is 0.812. The van der Waals surface area contributed by atoms with Crippen LogP contribution in [0.3, 0.4) is 0 Å². The van der Waals surface area contributed by atoms with Crippen molar-refractivity contribution in [3.05, 3.63) is 35.1 Å². The summed E-state index contributed by atoms with van der Waals surface area (Å²) in [6, 6.07) is 5.02. The van der Waals surface area contributed by atoms with E-state index in [9.17, 15) is 9.18 Å². The van der Waals surface area contributed by atoms with E-state index >= 15 is 0 Å². The second kappa shape index (κ2) is 5.67. The van der Waals surface area contributed by atoms with E-state index in [2.05, 4.69) is 0 Å². The zero-order valence-corrected chi connectivity index (χ0v) is 10.8. The van der Waals surface area contributed by atoms with E-state index in [0.717, 1.165) is 0 Å². The summed E-state index contributed by atoms with van der Waals surface area (Å²) in [5.74, 6) is -0.725. The van der Waals surface area contributed by atoms with E-state index in [4.69, 9.17) is 14.6 Å². The average Bonchev–Trinajstić information content (AvgIpc) is 2.37. The Balaban J connectivity index is 2.23. The van der Waals surface area contributed by atoms with Crippen molar-refractivity contribution in [2.24, 2.45) is 5.41 Å². The maximum Gasteiger partial charge on any atom is 0.316 e. The van der Waals surface area contributed by atoms with E-state index in [-0.39, 0.29) is 44.4 Å². The number of halogens is 1. The van der Waals surface area contributed by atoms with Gasteiger partial charge in [0.1, 0.15) is 11.2 Å². The molecule has 0 radical (unpaired) electrons. The third-order valence-corrected chi connectivity index (χ3v) is 3.44. The number of hydrogen-bond acceptors (Lipinski definition) is 4. The summed E-state index contributed by atoms with van der Waals surface area (Å²) in [5, 5.41) is 8.89. The standard InChI is InChI=1S/C14H17FO4/c1-18-13(17)14(8-19-9-14)7-11-4-2-3-10(5-6-16)12(11)15/h2-4,16H,5-9H2,1H3. The summed E-state index contributed by atoms with van der Waals surface area (Å²) in [7, 11) is 1.32. The monoisotopic (exact) mass is 268 g/mol. The number of esters is 1. The molecule has 0 aromatic heterocycles. The van der Waals surface area contributed by atoms with Gasteiger partial charge in [-0.15, -0.1) is 0 Å². The molecule has 0 amide bonds. The Morgan fingerprint density at radius 3 is 2.68 bits per heavy atom. The zero-order chi connectivity index (χ0) is 13.9. The number of aliphatic hydroxyl groups excluding tert-OH is 1. The van der Waals surface area contributed by atoms with Gasteiger partial charge in [0, 0.05) is 6.61 Å². The summed E-state index contributed by atoms with van der Waals surface area (Å²) in [6.45, 7) is 0.401. The average molecular weight is 268 g/mol. The molecule has 19 heavy (non-hydrogen) atoms. The molecule has 0 unspecified atom stereocenters. The number of hydrogen-bond donors (Lipinski definition) is 1. The molecule has 0 bridgehead atoms. The molecule has 1 saturated heterocycles. The highest BCUT2D eigenvalue weighted by atomic mass is 19.1. The van der Waals surface area contributed by atoms with Crippen molar-refractivity contribution < 1.29 is 23.8 Å². The molecular weight excluding hydrogens is 251 g/mol. The molecule has 104 valence electrons. The van der Waals surface area contributed by atoms with Crippen LogP contribution in [0.2, 0.25) is 0 Å². The Morgan fingerprint density at radius 1 is 1.47 bits per heavy atom. The topological polar surface area (TPSA) is 55.8 Å². The van der Waals surface area contributed by atoms with Crippen LogP contribution in [0.4, 0.5) is 4.39 Å². The number of methoxy groups -OCH3 is 1. The van der Waals surface area contributed by atoms with E-state index in [1.54, 1.807) is 18.2 Å². The second-order valence-corrected chi connectivity index (χ2v) is 4.81. The van der Waals surface area contributed by atoms with Gasteiger partial charge in [-0.3, -0.25) is 4.79 Å². The van der Waals surface area contributed by atoms with Crippen molar-refractivity contribution in [1.82, 2.24) is 0 Å². The Kier molecular flexibility index (Phi) is 4.17. The Hall–Kier alpha value is -1.46. The van der Waals surface area contributed by atoms with Gasteiger partial charge >= 0.3 is 5.97 Å². The van der Waals surface area contributed by atoms with E-state index < -0.39 is 5.41 Å². The van der Waals surface area contributed by atoms with Gasteiger partial charge in [-0.2, -0.15) is 0 Å². The molecule has 1 aliphatic heterocycles. The number of ether oxygens (including phenoxy) is 2. The second-order valence-electron chi connectivity index (χ2n) is 4.81. The van der Waals surface area contributed by atoms with Crippen LogP contribution >= 0.6 is 0 Å². The molecule has 0 spiro atoms. The van der Waals surface area contributed by atoms with Crippen LogP contribution in [0.15, 0.2) is 18.2 Å². The zero-order valence-electron chi connectivity index (χ0n) is 10.8. The van der Waals surface area contributed by atoms with Crippen molar-refractivity contribution in [1.29, 1.82) is 0 Å². The first kappa shape index (κ1) is 14.0. The highest BCUT2D eigenvalue weighted by Gasteiger charge is 2.47. The number of carbonyl (C=O) groups excluding carboxylic acids is 1. The summed E-state index contributed by atoms with van der Waals surface area (Å²) >= 11 is 0. The molecule has 0 atom stereocenters. The fraction of sp³-hybridized carbons (Fsp3) is 0.500. The van der Waals surface area contributed by atoms with E-state index in [1.165, 1.54) is 7.11 Å². The summed E-state index contributed by atoms with van der Waals surface area (Å²) < 4.78 is 24.1. The molecular formula is C14H17FO4. The minimum Gasteiger partial charge on any atom is -0.468 e. The Labute approximate surface area is 111 Å². The molecule has 4 nitrogen and oxygen atoms in total. The lowest BCUT2D eigenvalue weighted by Gasteiger charge is -2.38. The van der Waals surface area contributed by atoms with Crippen LogP contribution in [-0.4, -0.2) is 38.0 Å². The SMILES string of the molecule is COC(=O)C1(Cc2cccc(CCO)c2F)COC1. The lowest BCUT2D eigenvalue weighted by Crippen LogP contribution is -2.51. The number of aliphatic hydroxyl groups is 1. The van der Waals surface area contributed by atoms with Gasteiger partial charge in [0.25, 0.3) is 0 Å². The first-order valence-electron chi connectivity index (χ1n) is 6.16. The number of carbonyl (C=O) groups is 1. The van der Waals surface area contributed by atoms with Crippen LogP contribution in [0.5, 0.6) is 0 Å².